The lowest BCUT2D eigenvalue weighted by Crippen LogP contribution is -2.49. The molecule has 0 saturated carbocycles. The molecule has 2 aliphatic rings. The molecule has 8 heteroatoms. The molecule has 0 aliphatic carbocycles. The summed E-state index contributed by atoms with van der Waals surface area (Å²) >= 11 is 0. The number of nitrogens with zero attached hydrogens (tertiary/aromatic N) is 2. The molecule has 2 aromatic rings. The molecule has 7 nitrogen and oxygen atoms in total. The summed E-state index contributed by atoms with van der Waals surface area (Å²) in [6.07, 6.45) is 3.12. The number of rotatable bonds is 3. The van der Waals surface area contributed by atoms with Crippen molar-refractivity contribution in [3.63, 3.8) is 0 Å². The molecule has 0 radical (unpaired) electrons. The summed E-state index contributed by atoms with van der Waals surface area (Å²) in [6.45, 7) is 0. The van der Waals surface area contributed by atoms with Crippen molar-refractivity contribution < 1.29 is 23.1 Å². The summed E-state index contributed by atoms with van der Waals surface area (Å²) in [7, 11) is 0. The first-order valence-electron chi connectivity index (χ1n) is 9.03. The van der Waals surface area contributed by atoms with E-state index in [-0.39, 0.29) is 35.4 Å². The minimum absolute atomic E-state index is 0.0310. The van der Waals surface area contributed by atoms with Crippen LogP contribution < -0.4 is 5.73 Å². The van der Waals surface area contributed by atoms with E-state index in [2.05, 4.69) is 0 Å². The van der Waals surface area contributed by atoms with Crippen LogP contribution in [0.3, 0.4) is 0 Å². The highest BCUT2D eigenvalue weighted by Gasteiger charge is 2.45. The van der Waals surface area contributed by atoms with Gasteiger partial charge in [-0.25, -0.2) is 9.18 Å². The molecule has 2 N–H and O–H groups in total. The topological polar surface area (TPSA) is 110 Å². The minimum atomic E-state index is -0.797. The van der Waals surface area contributed by atoms with E-state index in [9.17, 15) is 14.0 Å². The first kappa shape index (κ1) is 18.0. The number of amides is 2. The Morgan fingerprint density at radius 2 is 1.93 bits per heavy atom. The molecule has 28 heavy (non-hydrogen) atoms. The van der Waals surface area contributed by atoms with E-state index in [1.54, 1.807) is 23.1 Å². The zero-order valence-corrected chi connectivity index (χ0v) is 14.9. The van der Waals surface area contributed by atoms with E-state index < -0.39 is 11.9 Å². The van der Waals surface area contributed by atoms with Crippen molar-refractivity contribution in [3.05, 3.63) is 47.7 Å². The number of ether oxygens (including phenoxy) is 1. The third kappa shape index (κ3) is 3.20. The molecular weight excluding hydrogens is 365 g/mol. The van der Waals surface area contributed by atoms with Crippen LogP contribution in [0.25, 0.3) is 11.1 Å². The Morgan fingerprint density at radius 3 is 2.54 bits per heavy atom. The lowest BCUT2D eigenvalue weighted by Gasteiger charge is -2.37. The number of halogens is 1. The van der Waals surface area contributed by atoms with Gasteiger partial charge in [0.25, 0.3) is 5.91 Å². The monoisotopic (exact) mass is 383 g/mol. The van der Waals surface area contributed by atoms with Crippen molar-refractivity contribution in [2.24, 2.45) is 5.73 Å². The smallest absolute Gasteiger partial charge is 0.404 e. The van der Waals surface area contributed by atoms with Crippen LogP contribution in [0.2, 0.25) is 0 Å². The van der Waals surface area contributed by atoms with Crippen LogP contribution in [-0.2, 0) is 4.74 Å². The summed E-state index contributed by atoms with van der Waals surface area (Å²) in [4.78, 5) is 25.8. The Bertz CT molecular complexity index is 966. The normalized spacial score (nSPS) is 23.3. The van der Waals surface area contributed by atoms with Crippen molar-refractivity contribution in [1.82, 2.24) is 4.90 Å². The lowest BCUT2D eigenvalue weighted by atomic mass is 9.99. The van der Waals surface area contributed by atoms with E-state index in [0.717, 1.165) is 12.8 Å². The number of carbonyl (C=O) groups is 2. The summed E-state index contributed by atoms with van der Waals surface area (Å²) in [5.41, 5.74) is 6.15. The molecule has 0 spiro atoms. The molecule has 2 atom stereocenters. The molecule has 3 heterocycles. The molecule has 4 rings (SSSR count). The van der Waals surface area contributed by atoms with Crippen molar-refractivity contribution >= 4 is 12.0 Å². The van der Waals surface area contributed by atoms with E-state index in [1.165, 1.54) is 18.4 Å². The Kier molecular flexibility index (Phi) is 4.51. The van der Waals surface area contributed by atoms with Gasteiger partial charge in [0.05, 0.1) is 11.8 Å². The van der Waals surface area contributed by atoms with Crippen LogP contribution in [0, 0.1) is 17.1 Å². The summed E-state index contributed by atoms with van der Waals surface area (Å²) < 4.78 is 24.4. The maximum Gasteiger partial charge on any atom is 0.404 e. The van der Waals surface area contributed by atoms with Gasteiger partial charge in [-0.1, -0.05) is 6.07 Å². The first-order valence-corrected chi connectivity index (χ1v) is 9.03. The number of nitrogens with two attached hydrogens (primary N) is 1. The summed E-state index contributed by atoms with van der Waals surface area (Å²) in [6, 6.07) is 7.53. The number of carbonyl (C=O) groups excluding carboxylic acids is 2. The molecule has 2 bridgehead atoms. The van der Waals surface area contributed by atoms with Crippen LogP contribution in [0.4, 0.5) is 9.18 Å². The van der Waals surface area contributed by atoms with Crippen LogP contribution in [0.1, 0.15) is 41.8 Å². The van der Waals surface area contributed by atoms with E-state index >= 15 is 0 Å². The standard InChI is InChI=1S/C20H18FN3O4/c21-17-5-11(1-2-12(17)9-22)13-6-18(27-10-13)19(25)24-14-3-4-15(24)8-16(7-14)28-20(23)26/h1-2,5-6,10,14-16H,3-4,7-8H2,(H2,23,26). The van der Waals surface area contributed by atoms with Gasteiger partial charge in [0.2, 0.25) is 0 Å². The number of nitriles is 1. The van der Waals surface area contributed by atoms with Gasteiger partial charge in [-0.2, -0.15) is 5.26 Å². The summed E-state index contributed by atoms with van der Waals surface area (Å²) in [5.74, 6) is -0.681. The van der Waals surface area contributed by atoms with Gasteiger partial charge in [-0.05, 0) is 36.6 Å². The highest BCUT2D eigenvalue weighted by molar-refractivity contribution is 5.93. The predicted octanol–water partition coefficient (Wildman–Crippen LogP) is 3.19. The Balaban J connectivity index is 1.52. The highest BCUT2D eigenvalue weighted by Crippen LogP contribution is 2.38. The maximum absolute atomic E-state index is 13.9. The SMILES string of the molecule is N#Cc1ccc(-c2coc(C(=O)N3C4CCC3CC(OC(N)=O)C4)c2)cc1F. The zero-order valence-electron chi connectivity index (χ0n) is 14.9. The Morgan fingerprint density at radius 1 is 1.21 bits per heavy atom. The van der Waals surface area contributed by atoms with Crippen molar-refractivity contribution in [2.45, 2.75) is 43.9 Å². The number of furan rings is 1. The quantitative estimate of drug-likeness (QED) is 0.875. The second kappa shape index (κ2) is 7.00. The average molecular weight is 383 g/mol. The predicted molar refractivity (Wildman–Crippen MR) is 95.5 cm³/mol. The third-order valence-corrected chi connectivity index (χ3v) is 5.44. The average Bonchev–Trinajstić information content (AvgIpc) is 3.24. The van der Waals surface area contributed by atoms with Gasteiger partial charge in [-0.3, -0.25) is 4.79 Å². The van der Waals surface area contributed by atoms with Crippen molar-refractivity contribution in [3.8, 4) is 17.2 Å². The van der Waals surface area contributed by atoms with Crippen LogP contribution in [0.5, 0.6) is 0 Å². The van der Waals surface area contributed by atoms with E-state index in [0.29, 0.717) is 24.0 Å². The highest BCUT2D eigenvalue weighted by atomic mass is 19.1. The second-order valence-electron chi connectivity index (χ2n) is 7.13. The number of hydrogen-bond acceptors (Lipinski definition) is 5. The molecule has 2 saturated heterocycles. The molecule has 1 aromatic heterocycles. The van der Waals surface area contributed by atoms with Crippen LogP contribution >= 0.6 is 0 Å². The van der Waals surface area contributed by atoms with Crippen LogP contribution in [0.15, 0.2) is 34.9 Å². The van der Waals surface area contributed by atoms with Crippen LogP contribution in [-0.4, -0.2) is 35.1 Å². The van der Waals surface area contributed by atoms with Gasteiger partial charge < -0.3 is 19.8 Å². The first-order chi connectivity index (χ1) is 13.5. The lowest BCUT2D eigenvalue weighted by molar-refractivity contribution is 0.0186. The van der Waals surface area contributed by atoms with Gasteiger partial charge in [0, 0.05) is 30.5 Å². The molecule has 2 fully saturated rings. The van der Waals surface area contributed by atoms with E-state index in [1.807, 2.05) is 0 Å². The molecule has 1 aromatic carbocycles. The Hall–Kier alpha value is -3.34. The molecule has 2 unspecified atom stereocenters. The van der Waals surface area contributed by atoms with Crippen molar-refractivity contribution in [1.29, 1.82) is 5.26 Å². The minimum Gasteiger partial charge on any atom is -0.459 e. The van der Waals surface area contributed by atoms with Crippen molar-refractivity contribution in [2.75, 3.05) is 0 Å². The largest absolute Gasteiger partial charge is 0.459 e. The molecule has 144 valence electrons. The molecule has 2 amide bonds. The zero-order chi connectivity index (χ0) is 19.8. The van der Waals surface area contributed by atoms with Gasteiger partial charge in [0.15, 0.2) is 5.76 Å². The third-order valence-electron chi connectivity index (χ3n) is 5.44. The number of benzene rings is 1. The summed E-state index contributed by atoms with van der Waals surface area (Å²) in [5, 5.41) is 8.83. The fraction of sp³-hybridized carbons (Fsp3) is 0.350. The number of primary amides is 1. The Labute approximate surface area is 160 Å². The maximum atomic E-state index is 13.9. The molecule has 2 aliphatic heterocycles. The number of hydrogen-bond donors (Lipinski definition) is 1. The van der Waals surface area contributed by atoms with Gasteiger partial charge in [-0.15, -0.1) is 0 Å². The number of piperidine rings is 1. The fourth-order valence-electron chi connectivity index (χ4n) is 4.23. The number of fused-ring (bicyclic) bond motifs is 2. The van der Waals surface area contributed by atoms with Gasteiger partial charge in [0.1, 0.15) is 18.0 Å². The van der Waals surface area contributed by atoms with Gasteiger partial charge >= 0.3 is 6.09 Å². The second-order valence-corrected chi connectivity index (χ2v) is 7.13. The fourth-order valence-corrected chi connectivity index (χ4v) is 4.23. The molecular formula is C20H18FN3O4. The van der Waals surface area contributed by atoms with E-state index in [4.69, 9.17) is 20.1 Å².